The Labute approximate surface area is 202 Å². The van der Waals surface area contributed by atoms with E-state index in [2.05, 4.69) is 41.5 Å². The van der Waals surface area contributed by atoms with Crippen molar-refractivity contribution in [3.8, 4) is 0 Å². The third kappa shape index (κ3) is 2.85. The molecule has 0 amide bonds. The first-order valence-electron chi connectivity index (χ1n) is 14.6. The number of hydrogen-bond acceptors (Lipinski definition) is 3. The van der Waals surface area contributed by atoms with Crippen molar-refractivity contribution >= 4 is 0 Å². The zero-order valence-corrected chi connectivity index (χ0v) is 22.2. The summed E-state index contributed by atoms with van der Waals surface area (Å²) in [5.74, 6) is 5.21. The van der Waals surface area contributed by atoms with Crippen LogP contribution in [0.25, 0.3) is 0 Å². The van der Waals surface area contributed by atoms with E-state index < -0.39 is 0 Å². The van der Waals surface area contributed by atoms with Crippen LogP contribution in [0.1, 0.15) is 99.3 Å². The van der Waals surface area contributed by atoms with Crippen LogP contribution in [0.3, 0.4) is 0 Å². The number of rotatable bonds is 5. The first kappa shape index (κ1) is 23.3. The van der Waals surface area contributed by atoms with Crippen LogP contribution in [0.15, 0.2) is 0 Å². The van der Waals surface area contributed by atoms with Gasteiger partial charge in [-0.05, 0) is 110 Å². The van der Waals surface area contributed by atoms with E-state index >= 15 is 0 Å². The SMILES string of the molecule is CC(C)[C@H](C)C[C@H](O)[C@@H](C)[C@H]1CC[C@H]2[C@@H]3CC4(OCCO4)[C@]45C[C@H]4CC[C@]5(C)[C@H]3CC[C@]12C. The molecule has 33 heavy (non-hydrogen) atoms. The van der Waals surface area contributed by atoms with Crippen LogP contribution in [0.2, 0.25) is 0 Å². The maximum atomic E-state index is 11.3. The van der Waals surface area contributed by atoms with Gasteiger partial charge in [0.25, 0.3) is 0 Å². The summed E-state index contributed by atoms with van der Waals surface area (Å²) < 4.78 is 13.3. The highest BCUT2D eigenvalue weighted by molar-refractivity contribution is 5.29. The van der Waals surface area contributed by atoms with Crippen LogP contribution in [-0.2, 0) is 9.47 Å². The van der Waals surface area contributed by atoms with Crippen molar-refractivity contribution in [3.05, 3.63) is 0 Å². The molecule has 0 aromatic heterocycles. The molecule has 1 saturated heterocycles. The lowest BCUT2D eigenvalue weighted by Crippen LogP contribution is -2.62. The average Bonchev–Trinajstić information content (AvgIpc) is 3.04. The van der Waals surface area contributed by atoms with E-state index in [1.54, 1.807) is 0 Å². The summed E-state index contributed by atoms with van der Waals surface area (Å²) in [6.45, 7) is 16.1. The fraction of sp³-hybridized carbons (Fsp3) is 1.00. The third-order valence-corrected chi connectivity index (χ3v) is 13.4. The van der Waals surface area contributed by atoms with Gasteiger partial charge in [0, 0.05) is 11.8 Å². The summed E-state index contributed by atoms with van der Waals surface area (Å²) in [5.41, 5.74) is 1.09. The fourth-order valence-corrected chi connectivity index (χ4v) is 11.2. The highest BCUT2D eigenvalue weighted by atomic mass is 16.7. The Balaban J connectivity index is 1.27. The molecule has 11 atom stereocenters. The molecule has 0 unspecified atom stereocenters. The van der Waals surface area contributed by atoms with E-state index in [9.17, 15) is 5.11 Å². The molecule has 0 radical (unpaired) electrons. The maximum absolute atomic E-state index is 11.3. The number of aliphatic hydroxyl groups excluding tert-OH is 1. The second kappa shape index (κ2) is 7.45. The van der Waals surface area contributed by atoms with Gasteiger partial charge >= 0.3 is 0 Å². The normalized spacial score (nSPS) is 52.2. The largest absolute Gasteiger partial charge is 0.393 e. The Hall–Kier alpha value is -0.120. The van der Waals surface area contributed by atoms with E-state index in [1.165, 1.54) is 44.9 Å². The monoisotopic (exact) mass is 458 g/mol. The Kier molecular flexibility index (Phi) is 5.26. The van der Waals surface area contributed by atoms with Crippen molar-refractivity contribution in [1.29, 1.82) is 0 Å². The highest BCUT2D eigenvalue weighted by Gasteiger charge is 2.83. The number of aliphatic hydroxyl groups is 1. The molecule has 1 N–H and O–H groups in total. The van der Waals surface area contributed by atoms with Gasteiger partial charge in [-0.1, -0.05) is 41.5 Å². The molecule has 3 heteroatoms. The maximum Gasteiger partial charge on any atom is 0.175 e. The van der Waals surface area contributed by atoms with Crippen LogP contribution in [0.5, 0.6) is 0 Å². The predicted molar refractivity (Wildman–Crippen MR) is 131 cm³/mol. The highest BCUT2D eigenvalue weighted by Crippen LogP contribution is 2.85. The Morgan fingerprint density at radius 2 is 1.61 bits per heavy atom. The quantitative estimate of drug-likeness (QED) is 0.499. The first-order valence-corrected chi connectivity index (χ1v) is 14.6. The first-order chi connectivity index (χ1) is 15.6. The molecule has 0 aromatic carbocycles. The molecule has 188 valence electrons. The number of fused-ring (bicyclic) bond motifs is 4. The van der Waals surface area contributed by atoms with Crippen molar-refractivity contribution in [2.24, 2.45) is 63.6 Å². The molecule has 6 aliphatic rings. The van der Waals surface area contributed by atoms with Gasteiger partial charge in [0.15, 0.2) is 5.79 Å². The van der Waals surface area contributed by atoms with E-state index in [0.717, 1.165) is 49.7 Å². The van der Waals surface area contributed by atoms with Crippen LogP contribution in [0, 0.1) is 63.6 Å². The molecule has 5 saturated carbocycles. The summed E-state index contributed by atoms with van der Waals surface area (Å²) in [4.78, 5) is 0. The molecule has 0 aromatic rings. The lowest BCUT2D eigenvalue weighted by molar-refractivity contribution is -0.294. The molecule has 1 aliphatic heterocycles. The van der Waals surface area contributed by atoms with Gasteiger partial charge < -0.3 is 14.6 Å². The minimum Gasteiger partial charge on any atom is -0.393 e. The number of ether oxygens (including phenoxy) is 2. The van der Waals surface area contributed by atoms with Gasteiger partial charge in [0.1, 0.15) is 0 Å². The third-order valence-electron chi connectivity index (χ3n) is 13.4. The summed E-state index contributed by atoms with van der Waals surface area (Å²) in [7, 11) is 0. The van der Waals surface area contributed by atoms with Crippen LogP contribution < -0.4 is 0 Å². The fourth-order valence-electron chi connectivity index (χ4n) is 11.2. The van der Waals surface area contributed by atoms with Crippen molar-refractivity contribution in [2.45, 2.75) is 111 Å². The van der Waals surface area contributed by atoms with Gasteiger partial charge in [-0.25, -0.2) is 0 Å². The van der Waals surface area contributed by atoms with E-state index in [-0.39, 0.29) is 11.9 Å². The van der Waals surface area contributed by atoms with Crippen molar-refractivity contribution < 1.29 is 14.6 Å². The van der Waals surface area contributed by atoms with Crippen molar-refractivity contribution in [1.82, 2.24) is 0 Å². The molecular formula is C30H50O3. The van der Waals surface area contributed by atoms with E-state index in [4.69, 9.17) is 9.47 Å². The van der Waals surface area contributed by atoms with Gasteiger partial charge in [-0.2, -0.15) is 0 Å². The molecule has 6 fully saturated rings. The standard InChI is InChI=1S/C30H50O3/c1-18(2)19(3)15-26(31)20(4)23-7-8-24-22-17-30(32-13-14-33-30)29-16-21(29)9-12-28(29,6)25(22)10-11-27(23,24)5/h18-26,31H,7-17H2,1-6H3/t19-,20+,21-,22+,23-,24+,25+,26+,27-,28-,29-/m1/s1. The molecule has 3 nitrogen and oxygen atoms in total. The van der Waals surface area contributed by atoms with Crippen LogP contribution >= 0.6 is 0 Å². The molecule has 0 bridgehead atoms. The lowest BCUT2D eigenvalue weighted by atomic mass is 9.44. The molecule has 1 heterocycles. The molecule has 5 aliphatic carbocycles. The van der Waals surface area contributed by atoms with Crippen LogP contribution in [-0.4, -0.2) is 30.2 Å². The van der Waals surface area contributed by atoms with Crippen molar-refractivity contribution in [3.63, 3.8) is 0 Å². The second-order valence-corrected chi connectivity index (χ2v) is 14.5. The van der Waals surface area contributed by atoms with Crippen molar-refractivity contribution in [2.75, 3.05) is 13.2 Å². The van der Waals surface area contributed by atoms with Crippen LogP contribution in [0.4, 0.5) is 0 Å². The topological polar surface area (TPSA) is 38.7 Å². The predicted octanol–water partition coefficient (Wildman–Crippen LogP) is 6.68. The smallest absolute Gasteiger partial charge is 0.175 e. The summed E-state index contributed by atoms with van der Waals surface area (Å²) in [6.07, 6.45) is 11.5. The van der Waals surface area contributed by atoms with E-state index in [1.807, 2.05) is 0 Å². The molecule has 6 rings (SSSR count). The minimum atomic E-state index is -0.280. The van der Waals surface area contributed by atoms with Gasteiger partial charge in [-0.15, -0.1) is 0 Å². The zero-order valence-electron chi connectivity index (χ0n) is 22.2. The average molecular weight is 459 g/mol. The minimum absolute atomic E-state index is 0.164. The van der Waals surface area contributed by atoms with Gasteiger partial charge in [0.2, 0.25) is 0 Å². The Bertz CT molecular complexity index is 773. The Morgan fingerprint density at radius 1 is 0.879 bits per heavy atom. The van der Waals surface area contributed by atoms with Gasteiger partial charge in [-0.3, -0.25) is 0 Å². The molecule has 2 spiro atoms. The van der Waals surface area contributed by atoms with E-state index in [0.29, 0.717) is 39.9 Å². The number of hydrogen-bond donors (Lipinski definition) is 1. The summed E-state index contributed by atoms with van der Waals surface area (Å²) in [6, 6.07) is 0. The summed E-state index contributed by atoms with van der Waals surface area (Å²) in [5, 5.41) is 11.3. The molecular weight excluding hydrogens is 408 g/mol. The Morgan fingerprint density at radius 3 is 2.27 bits per heavy atom. The lowest BCUT2D eigenvalue weighted by Gasteiger charge is -2.63. The zero-order chi connectivity index (χ0) is 23.4. The van der Waals surface area contributed by atoms with Gasteiger partial charge in [0.05, 0.1) is 19.3 Å². The second-order valence-electron chi connectivity index (χ2n) is 14.5. The summed E-state index contributed by atoms with van der Waals surface area (Å²) >= 11 is 0.